The third kappa shape index (κ3) is 2.87. The minimum atomic E-state index is -0.911. The van der Waals surface area contributed by atoms with Crippen LogP contribution >= 0.6 is 0 Å². The Kier molecular flexibility index (Phi) is 4.63. The van der Waals surface area contributed by atoms with Crippen molar-refractivity contribution in [1.29, 1.82) is 0 Å². The average molecular weight is 482 g/mol. The molecule has 6 rings (SSSR count). The molecule has 1 aliphatic rings. The molecule has 8 nitrogen and oxygen atoms in total. The van der Waals surface area contributed by atoms with Crippen LogP contribution in [0.15, 0.2) is 76.3 Å². The monoisotopic (exact) mass is 481 g/mol. The van der Waals surface area contributed by atoms with Crippen LogP contribution in [0.4, 0.5) is 0 Å². The van der Waals surface area contributed by atoms with Gasteiger partial charge in [-0.2, -0.15) is 0 Å². The fraction of sp³-hybridized carbons (Fsp3) is 0.143. The summed E-state index contributed by atoms with van der Waals surface area (Å²) in [4.78, 5) is 26.7. The molecular weight excluding hydrogens is 458 g/mol. The Morgan fingerprint density at radius 2 is 1.58 bits per heavy atom. The topological polar surface area (TPSA) is 98.6 Å². The number of fused-ring (bicyclic) bond motifs is 5. The molecule has 36 heavy (non-hydrogen) atoms. The van der Waals surface area contributed by atoms with E-state index < -0.39 is 17.4 Å². The van der Waals surface area contributed by atoms with Gasteiger partial charge in [0.05, 0.1) is 28.0 Å². The van der Waals surface area contributed by atoms with E-state index in [1.165, 1.54) is 17.7 Å². The molecule has 3 aromatic carbocycles. The number of para-hydroxylation sites is 3. The van der Waals surface area contributed by atoms with Crippen LogP contribution in [0, 0.1) is 6.92 Å². The number of phenols is 2. The lowest BCUT2D eigenvalue weighted by Crippen LogP contribution is -2.37. The van der Waals surface area contributed by atoms with Gasteiger partial charge >= 0.3 is 5.69 Å². The number of phenolic OH excluding ortho intramolecular Hbond substituents is 2. The van der Waals surface area contributed by atoms with Crippen molar-refractivity contribution in [2.24, 2.45) is 14.1 Å². The number of aromatic nitrogens is 3. The molecule has 2 N–H and O–H groups in total. The molecule has 0 aliphatic carbocycles. The summed E-state index contributed by atoms with van der Waals surface area (Å²) in [5, 5.41) is 21.4. The average Bonchev–Trinajstić information content (AvgIpc) is 3.24. The van der Waals surface area contributed by atoms with Crippen molar-refractivity contribution in [3.8, 4) is 34.2 Å². The first-order valence-corrected chi connectivity index (χ1v) is 11.5. The van der Waals surface area contributed by atoms with E-state index in [-0.39, 0.29) is 11.5 Å². The van der Waals surface area contributed by atoms with Crippen molar-refractivity contribution in [3.63, 3.8) is 0 Å². The molecule has 0 bridgehead atoms. The fourth-order valence-corrected chi connectivity index (χ4v) is 5.07. The van der Waals surface area contributed by atoms with E-state index in [9.17, 15) is 19.8 Å². The third-order valence-electron chi connectivity index (χ3n) is 6.86. The normalized spacial score (nSPS) is 14.4. The zero-order chi connectivity index (χ0) is 25.3. The second-order valence-corrected chi connectivity index (χ2v) is 9.05. The first kappa shape index (κ1) is 21.8. The van der Waals surface area contributed by atoms with Crippen molar-refractivity contribution < 1.29 is 14.9 Å². The summed E-state index contributed by atoms with van der Waals surface area (Å²) in [6.45, 7) is 1.99. The molecule has 0 radical (unpaired) electrons. The molecule has 180 valence electrons. The lowest BCUT2D eigenvalue weighted by atomic mass is 10.0. The second kappa shape index (κ2) is 7.64. The van der Waals surface area contributed by atoms with Gasteiger partial charge in [-0.15, -0.1) is 0 Å². The van der Waals surface area contributed by atoms with Crippen molar-refractivity contribution in [2.75, 3.05) is 0 Å². The molecule has 1 aliphatic heterocycles. The molecule has 0 amide bonds. The smallest absolute Gasteiger partial charge is 0.331 e. The van der Waals surface area contributed by atoms with Gasteiger partial charge in [0.15, 0.2) is 17.6 Å². The maximum Gasteiger partial charge on any atom is 0.331 e. The van der Waals surface area contributed by atoms with Gasteiger partial charge in [0.1, 0.15) is 5.75 Å². The molecule has 3 heterocycles. The van der Waals surface area contributed by atoms with E-state index >= 15 is 0 Å². The Hall–Kier alpha value is -4.72. The number of hydrogen-bond donors (Lipinski definition) is 2. The Balaban J connectivity index is 1.87. The highest BCUT2D eigenvalue weighted by Crippen LogP contribution is 2.48. The molecule has 0 fully saturated rings. The third-order valence-corrected chi connectivity index (χ3v) is 6.86. The van der Waals surface area contributed by atoms with Crippen LogP contribution < -0.4 is 16.0 Å². The Labute approximate surface area is 205 Å². The van der Waals surface area contributed by atoms with Crippen molar-refractivity contribution in [3.05, 3.63) is 104 Å². The summed E-state index contributed by atoms with van der Waals surface area (Å²) in [6.07, 6.45) is -0.911. The van der Waals surface area contributed by atoms with Crippen LogP contribution in [-0.4, -0.2) is 23.9 Å². The summed E-state index contributed by atoms with van der Waals surface area (Å²) < 4.78 is 10.9. The molecule has 0 saturated carbocycles. The maximum atomic E-state index is 13.7. The van der Waals surface area contributed by atoms with Crippen LogP contribution in [0.25, 0.3) is 27.8 Å². The zero-order valence-corrected chi connectivity index (χ0v) is 19.9. The van der Waals surface area contributed by atoms with E-state index in [0.29, 0.717) is 39.3 Å². The van der Waals surface area contributed by atoms with Gasteiger partial charge in [-0.1, -0.05) is 54.1 Å². The molecule has 1 unspecified atom stereocenters. The largest absolute Gasteiger partial charge is 0.504 e. The summed E-state index contributed by atoms with van der Waals surface area (Å²) in [5.74, 6) is -0.0809. The first-order valence-electron chi connectivity index (χ1n) is 11.5. The lowest BCUT2D eigenvalue weighted by Gasteiger charge is -2.30. The second-order valence-electron chi connectivity index (χ2n) is 9.05. The Bertz CT molecular complexity index is 1810. The Morgan fingerprint density at radius 1 is 0.861 bits per heavy atom. The van der Waals surface area contributed by atoms with Gasteiger partial charge in [0.2, 0.25) is 0 Å². The molecule has 2 aromatic heterocycles. The van der Waals surface area contributed by atoms with Gasteiger partial charge in [0, 0.05) is 19.7 Å². The fourth-order valence-electron chi connectivity index (χ4n) is 5.07. The zero-order valence-electron chi connectivity index (χ0n) is 19.9. The minimum absolute atomic E-state index is 0.291. The molecule has 0 saturated heterocycles. The van der Waals surface area contributed by atoms with E-state index in [2.05, 4.69) is 0 Å². The number of aryl methyl sites for hydroxylation is 2. The van der Waals surface area contributed by atoms with E-state index in [0.717, 1.165) is 15.7 Å². The van der Waals surface area contributed by atoms with Crippen LogP contribution in [0.3, 0.4) is 0 Å². The van der Waals surface area contributed by atoms with Crippen LogP contribution in [0.5, 0.6) is 17.2 Å². The predicted octanol–water partition coefficient (Wildman–Crippen LogP) is 3.90. The molecule has 1 atom stereocenters. The summed E-state index contributed by atoms with van der Waals surface area (Å²) in [7, 11) is 3.08. The highest BCUT2D eigenvalue weighted by molar-refractivity contribution is 5.98. The SMILES string of the molecule is Cc1ccc(-c2c3c(=O)n(C)c(=O)n(C)c3c3n2-c2ccccc2OC3c2cccc(O)c2O)cc1. The van der Waals surface area contributed by atoms with Crippen molar-refractivity contribution in [1.82, 2.24) is 13.7 Å². The molecule has 8 heteroatoms. The lowest BCUT2D eigenvalue weighted by molar-refractivity contribution is 0.223. The molecule has 5 aromatic rings. The van der Waals surface area contributed by atoms with Crippen molar-refractivity contribution in [2.45, 2.75) is 13.0 Å². The van der Waals surface area contributed by atoms with E-state index in [1.807, 2.05) is 60.0 Å². The number of nitrogens with zero attached hydrogens (tertiary/aromatic N) is 3. The summed E-state index contributed by atoms with van der Waals surface area (Å²) in [6, 6.07) is 19.9. The molecular formula is C28H23N3O5. The summed E-state index contributed by atoms with van der Waals surface area (Å²) in [5.41, 5.74) is 3.51. The van der Waals surface area contributed by atoms with Crippen LogP contribution in [0.2, 0.25) is 0 Å². The highest BCUT2D eigenvalue weighted by Gasteiger charge is 2.37. The number of rotatable bonds is 2. The van der Waals surface area contributed by atoms with E-state index in [4.69, 9.17) is 4.74 Å². The number of aromatic hydroxyl groups is 2. The quantitative estimate of drug-likeness (QED) is 0.373. The van der Waals surface area contributed by atoms with Gasteiger partial charge in [-0.3, -0.25) is 13.9 Å². The Morgan fingerprint density at radius 3 is 2.33 bits per heavy atom. The first-order chi connectivity index (χ1) is 17.3. The standard InChI is InChI=1S/C28H23N3O5/c1-15-11-13-16(14-12-15)22-21-23(29(2)28(35)30(3)27(21)34)24-26(17-7-6-9-19(32)25(17)33)36-20-10-5-4-8-18(20)31(22)24/h4-14,26,32-33H,1-3H3. The summed E-state index contributed by atoms with van der Waals surface area (Å²) >= 11 is 0. The maximum absolute atomic E-state index is 13.7. The number of benzene rings is 3. The number of hydrogen-bond acceptors (Lipinski definition) is 5. The van der Waals surface area contributed by atoms with Gasteiger partial charge in [0.25, 0.3) is 5.56 Å². The highest BCUT2D eigenvalue weighted by atomic mass is 16.5. The van der Waals surface area contributed by atoms with Crippen LogP contribution in [0.1, 0.15) is 22.9 Å². The van der Waals surface area contributed by atoms with Gasteiger partial charge < -0.3 is 19.5 Å². The minimum Gasteiger partial charge on any atom is -0.504 e. The predicted molar refractivity (Wildman–Crippen MR) is 136 cm³/mol. The van der Waals surface area contributed by atoms with Crippen LogP contribution in [-0.2, 0) is 14.1 Å². The van der Waals surface area contributed by atoms with Gasteiger partial charge in [-0.05, 0) is 30.7 Å². The van der Waals surface area contributed by atoms with Crippen molar-refractivity contribution >= 4 is 10.9 Å². The number of ether oxygens (including phenoxy) is 1. The molecule has 0 spiro atoms. The van der Waals surface area contributed by atoms with Gasteiger partial charge in [-0.25, -0.2) is 4.79 Å². The van der Waals surface area contributed by atoms with E-state index in [1.54, 1.807) is 19.2 Å².